The molecule has 0 atom stereocenters. The van der Waals surface area contributed by atoms with Gasteiger partial charge in [0, 0.05) is 31.5 Å². The third-order valence-electron chi connectivity index (χ3n) is 7.62. The number of carbonyl (C=O) groups excluding carboxylic acids is 1. The molecule has 35 heavy (non-hydrogen) atoms. The number of nitrogens with zero attached hydrogens (tertiary/aromatic N) is 5. The molecule has 4 heterocycles. The predicted molar refractivity (Wildman–Crippen MR) is 133 cm³/mol. The average Bonchev–Trinajstić information content (AvgIpc) is 3.18. The lowest BCUT2D eigenvalue weighted by Crippen LogP contribution is -2.43. The van der Waals surface area contributed by atoms with Crippen LogP contribution < -0.4 is 10.6 Å². The van der Waals surface area contributed by atoms with Crippen LogP contribution in [0.2, 0.25) is 0 Å². The first-order valence-electron chi connectivity index (χ1n) is 12.2. The molecule has 0 radical (unpaired) electrons. The van der Waals surface area contributed by atoms with E-state index in [1.54, 1.807) is 12.5 Å². The first kappa shape index (κ1) is 21.9. The largest absolute Gasteiger partial charge is 0.360 e. The van der Waals surface area contributed by atoms with E-state index in [-0.39, 0.29) is 16.9 Å². The molecule has 2 aliphatic carbocycles. The number of pyridine rings is 2. The van der Waals surface area contributed by atoms with Gasteiger partial charge in [0.25, 0.3) is 5.91 Å². The zero-order valence-corrected chi connectivity index (χ0v) is 20.3. The molecule has 0 spiro atoms. The number of H-pyrrole nitrogens is 1. The predicted octanol–water partition coefficient (Wildman–Crippen LogP) is 3.70. The van der Waals surface area contributed by atoms with Crippen molar-refractivity contribution in [3.63, 3.8) is 0 Å². The Morgan fingerprint density at radius 1 is 1.26 bits per heavy atom. The van der Waals surface area contributed by atoms with Crippen LogP contribution in [0.4, 0.5) is 5.69 Å². The minimum absolute atomic E-state index is 0.203. The van der Waals surface area contributed by atoms with Crippen LogP contribution in [0, 0.1) is 5.92 Å². The molecule has 4 aromatic heterocycles. The summed E-state index contributed by atoms with van der Waals surface area (Å²) in [6.07, 6.45) is 11.5. The number of anilines is 1. The topological polar surface area (TPSA) is 113 Å². The fourth-order valence-corrected chi connectivity index (χ4v) is 5.40. The summed E-state index contributed by atoms with van der Waals surface area (Å²) >= 11 is 0. The van der Waals surface area contributed by atoms with Crippen molar-refractivity contribution in [2.45, 2.75) is 57.0 Å². The standard InChI is InChI=1S/C26H30N8O/c1-16-10-26(11-16,24-33-30-15-34(24)3)18-9-19(14-27-13-18)31-23(35)21-8-17(12-29-25(2)5-6-25)22-20(32-21)4-7-28-22/h4,7-9,13-16,28-29H,5-6,10-12H2,1-3H3,(H,31,35). The second kappa shape index (κ2) is 7.98. The molecular formula is C26H30N8O. The van der Waals surface area contributed by atoms with Crippen molar-refractivity contribution in [1.29, 1.82) is 0 Å². The molecule has 0 aromatic carbocycles. The highest BCUT2D eigenvalue weighted by Crippen LogP contribution is 2.51. The first-order chi connectivity index (χ1) is 16.9. The van der Waals surface area contributed by atoms with Crippen molar-refractivity contribution in [2.24, 2.45) is 13.0 Å². The second-order valence-electron chi connectivity index (χ2n) is 10.6. The number of aromatic amines is 1. The van der Waals surface area contributed by atoms with Gasteiger partial charge in [0.1, 0.15) is 17.8 Å². The molecule has 2 saturated carbocycles. The number of aryl methyl sites for hydroxylation is 1. The Kier molecular flexibility index (Phi) is 5.00. The van der Waals surface area contributed by atoms with E-state index < -0.39 is 0 Å². The summed E-state index contributed by atoms with van der Waals surface area (Å²) in [5.41, 5.74) is 4.83. The van der Waals surface area contributed by atoms with E-state index in [4.69, 9.17) is 0 Å². The fraction of sp³-hybridized carbons (Fsp3) is 0.423. The molecular weight excluding hydrogens is 440 g/mol. The van der Waals surface area contributed by atoms with Gasteiger partial charge in [0.05, 0.1) is 28.3 Å². The lowest BCUT2D eigenvalue weighted by molar-refractivity contribution is 0.102. The maximum Gasteiger partial charge on any atom is 0.274 e. The molecule has 0 bridgehead atoms. The SMILES string of the molecule is CC1CC(c2cncc(NC(=O)c3cc(CNC4(C)CC4)c4[nH]ccc4n3)c2)(c2nncn2C)C1. The van der Waals surface area contributed by atoms with Gasteiger partial charge in [0.15, 0.2) is 0 Å². The van der Waals surface area contributed by atoms with E-state index in [0.717, 1.165) is 40.8 Å². The summed E-state index contributed by atoms with van der Waals surface area (Å²) in [6.45, 7) is 5.16. The van der Waals surface area contributed by atoms with Crippen LogP contribution in [0.25, 0.3) is 11.0 Å². The number of nitrogens with one attached hydrogen (secondary N) is 3. The lowest BCUT2D eigenvalue weighted by atomic mass is 9.59. The molecule has 180 valence electrons. The van der Waals surface area contributed by atoms with E-state index in [1.165, 1.54) is 12.8 Å². The zero-order chi connectivity index (χ0) is 24.2. The minimum Gasteiger partial charge on any atom is -0.360 e. The highest BCUT2D eigenvalue weighted by atomic mass is 16.1. The Labute approximate surface area is 203 Å². The third kappa shape index (κ3) is 3.89. The van der Waals surface area contributed by atoms with Gasteiger partial charge in [-0.2, -0.15) is 0 Å². The first-order valence-corrected chi connectivity index (χ1v) is 12.2. The van der Waals surface area contributed by atoms with Gasteiger partial charge < -0.3 is 20.2 Å². The van der Waals surface area contributed by atoms with E-state index in [0.29, 0.717) is 23.8 Å². The number of rotatable bonds is 7. The maximum absolute atomic E-state index is 13.3. The molecule has 1 amide bonds. The summed E-state index contributed by atoms with van der Waals surface area (Å²) in [7, 11) is 1.97. The molecule has 9 nitrogen and oxygen atoms in total. The zero-order valence-electron chi connectivity index (χ0n) is 20.3. The van der Waals surface area contributed by atoms with Crippen molar-refractivity contribution >= 4 is 22.6 Å². The van der Waals surface area contributed by atoms with Crippen molar-refractivity contribution in [1.82, 2.24) is 35.0 Å². The normalized spacial score (nSPS) is 22.7. The Hall–Kier alpha value is -3.59. The number of aromatic nitrogens is 6. The van der Waals surface area contributed by atoms with Crippen LogP contribution >= 0.6 is 0 Å². The molecule has 2 fully saturated rings. The Morgan fingerprint density at radius 2 is 2.09 bits per heavy atom. The Bertz CT molecular complexity index is 1410. The fourth-order valence-electron chi connectivity index (χ4n) is 5.40. The summed E-state index contributed by atoms with van der Waals surface area (Å²) < 4.78 is 1.98. The van der Waals surface area contributed by atoms with E-state index in [1.807, 2.05) is 42.2 Å². The van der Waals surface area contributed by atoms with Gasteiger partial charge >= 0.3 is 0 Å². The van der Waals surface area contributed by atoms with Gasteiger partial charge in [-0.25, -0.2) is 4.98 Å². The van der Waals surface area contributed by atoms with Gasteiger partial charge in [-0.3, -0.25) is 9.78 Å². The number of carbonyl (C=O) groups is 1. The minimum atomic E-state index is -0.249. The van der Waals surface area contributed by atoms with Crippen LogP contribution in [0.1, 0.15) is 67.0 Å². The van der Waals surface area contributed by atoms with Crippen LogP contribution in [0.3, 0.4) is 0 Å². The second-order valence-corrected chi connectivity index (χ2v) is 10.6. The number of hydrogen-bond donors (Lipinski definition) is 3. The number of amides is 1. The van der Waals surface area contributed by atoms with E-state index in [9.17, 15) is 4.79 Å². The van der Waals surface area contributed by atoms with Crippen LogP contribution in [-0.2, 0) is 19.0 Å². The van der Waals surface area contributed by atoms with Crippen molar-refractivity contribution in [3.05, 3.63) is 65.8 Å². The van der Waals surface area contributed by atoms with Gasteiger partial charge in [0.2, 0.25) is 0 Å². The molecule has 0 unspecified atom stereocenters. The molecule has 9 heteroatoms. The van der Waals surface area contributed by atoms with E-state index >= 15 is 0 Å². The van der Waals surface area contributed by atoms with Crippen molar-refractivity contribution < 1.29 is 4.79 Å². The molecule has 0 saturated heterocycles. The molecule has 2 aliphatic rings. The van der Waals surface area contributed by atoms with Crippen LogP contribution in [0.15, 0.2) is 43.1 Å². The Balaban J connectivity index is 1.27. The van der Waals surface area contributed by atoms with Gasteiger partial charge in [-0.05, 0) is 67.9 Å². The summed E-state index contributed by atoms with van der Waals surface area (Å²) in [6, 6.07) is 5.79. The molecule has 0 aliphatic heterocycles. The van der Waals surface area contributed by atoms with Crippen molar-refractivity contribution in [2.75, 3.05) is 5.32 Å². The summed E-state index contributed by atoms with van der Waals surface area (Å²) in [5.74, 6) is 1.27. The number of fused-ring (bicyclic) bond motifs is 1. The Morgan fingerprint density at radius 3 is 2.80 bits per heavy atom. The highest BCUT2D eigenvalue weighted by Gasteiger charge is 2.48. The summed E-state index contributed by atoms with van der Waals surface area (Å²) in [4.78, 5) is 25.6. The smallest absolute Gasteiger partial charge is 0.274 e. The van der Waals surface area contributed by atoms with Crippen LogP contribution in [0.5, 0.6) is 0 Å². The summed E-state index contributed by atoms with van der Waals surface area (Å²) in [5, 5.41) is 15.1. The lowest BCUT2D eigenvalue weighted by Gasteiger charge is -2.45. The maximum atomic E-state index is 13.3. The third-order valence-corrected chi connectivity index (χ3v) is 7.62. The quantitative estimate of drug-likeness (QED) is 0.380. The molecule has 6 rings (SSSR count). The number of hydrogen-bond acceptors (Lipinski definition) is 6. The van der Waals surface area contributed by atoms with Gasteiger partial charge in [-0.15, -0.1) is 10.2 Å². The molecule has 3 N–H and O–H groups in total. The molecule has 4 aromatic rings. The van der Waals surface area contributed by atoms with E-state index in [2.05, 4.69) is 49.6 Å². The van der Waals surface area contributed by atoms with Crippen LogP contribution in [-0.4, -0.2) is 41.2 Å². The highest BCUT2D eigenvalue weighted by molar-refractivity contribution is 6.04. The van der Waals surface area contributed by atoms with Crippen molar-refractivity contribution in [3.8, 4) is 0 Å². The van der Waals surface area contributed by atoms with Gasteiger partial charge in [-0.1, -0.05) is 6.92 Å². The average molecular weight is 471 g/mol. The monoisotopic (exact) mass is 470 g/mol.